The SMILES string of the molecule is O=c1[nH]cnc2[nH]c(-c3ccnc(C=CC4CCCCC4)c3)cc12. The molecule has 0 bridgehead atoms. The maximum absolute atomic E-state index is 11.8. The summed E-state index contributed by atoms with van der Waals surface area (Å²) >= 11 is 0. The molecule has 1 saturated carbocycles. The average Bonchev–Trinajstić information content (AvgIpc) is 3.07. The summed E-state index contributed by atoms with van der Waals surface area (Å²) < 4.78 is 0. The highest BCUT2D eigenvalue weighted by atomic mass is 16.1. The molecule has 5 heteroatoms. The highest BCUT2D eigenvalue weighted by Gasteiger charge is 2.10. The van der Waals surface area contributed by atoms with Crippen molar-refractivity contribution >= 4 is 17.1 Å². The first kappa shape index (κ1) is 14.9. The Labute approximate surface area is 139 Å². The van der Waals surface area contributed by atoms with E-state index in [1.165, 1.54) is 38.4 Å². The zero-order valence-corrected chi connectivity index (χ0v) is 13.5. The van der Waals surface area contributed by atoms with Crippen LogP contribution in [0.25, 0.3) is 28.4 Å². The van der Waals surface area contributed by atoms with Crippen molar-refractivity contribution in [1.29, 1.82) is 0 Å². The Balaban J connectivity index is 1.62. The molecule has 0 amide bonds. The monoisotopic (exact) mass is 320 g/mol. The van der Waals surface area contributed by atoms with Crippen LogP contribution in [-0.4, -0.2) is 19.9 Å². The summed E-state index contributed by atoms with van der Waals surface area (Å²) in [6.45, 7) is 0. The fraction of sp³-hybridized carbons (Fsp3) is 0.316. The molecule has 0 spiro atoms. The van der Waals surface area contributed by atoms with Crippen molar-refractivity contribution < 1.29 is 0 Å². The van der Waals surface area contributed by atoms with Gasteiger partial charge in [-0.15, -0.1) is 0 Å². The number of allylic oxidation sites excluding steroid dienone is 1. The number of aromatic amines is 2. The molecule has 5 nitrogen and oxygen atoms in total. The molecule has 3 heterocycles. The zero-order chi connectivity index (χ0) is 16.4. The molecule has 0 atom stereocenters. The minimum atomic E-state index is -0.131. The zero-order valence-electron chi connectivity index (χ0n) is 13.5. The summed E-state index contributed by atoms with van der Waals surface area (Å²) in [5.74, 6) is 0.681. The van der Waals surface area contributed by atoms with E-state index < -0.39 is 0 Å². The molecule has 24 heavy (non-hydrogen) atoms. The molecular formula is C19H20N4O. The first-order valence-corrected chi connectivity index (χ1v) is 8.50. The Bertz CT molecular complexity index is 932. The van der Waals surface area contributed by atoms with E-state index in [4.69, 9.17) is 0 Å². The lowest BCUT2D eigenvalue weighted by Gasteiger charge is -2.17. The molecule has 0 saturated heterocycles. The fourth-order valence-corrected chi connectivity index (χ4v) is 3.38. The largest absolute Gasteiger partial charge is 0.339 e. The van der Waals surface area contributed by atoms with Crippen molar-refractivity contribution in [2.24, 2.45) is 5.92 Å². The third-order valence-electron chi connectivity index (χ3n) is 4.71. The van der Waals surface area contributed by atoms with Gasteiger partial charge in [0.25, 0.3) is 5.56 Å². The van der Waals surface area contributed by atoms with E-state index in [-0.39, 0.29) is 5.56 Å². The van der Waals surface area contributed by atoms with Gasteiger partial charge in [-0.1, -0.05) is 25.3 Å². The first-order chi connectivity index (χ1) is 11.8. The van der Waals surface area contributed by atoms with E-state index in [9.17, 15) is 4.79 Å². The number of rotatable bonds is 3. The highest BCUT2D eigenvalue weighted by Crippen LogP contribution is 2.26. The summed E-state index contributed by atoms with van der Waals surface area (Å²) in [5.41, 5.74) is 3.30. The number of fused-ring (bicyclic) bond motifs is 1. The summed E-state index contributed by atoms with van der Waals surface area (Å²) in [5, 5.41) is 0.573. The van der Waals surface area contributed by atoms with Crippen molar-refractivity contribution in [3.05, 3.63) is 52.8 Å². The van der Waals surface area contributed by atoms with Gasteiger partial charge in [-0.2, -0.15) is 0 Å². The lowest BCUT2D eigenvalue weighted by atomic mass is 9.89. The maximum atomic E-state index is 11.8. The Kier molecular flexibility index (Phi) is 3.99. The van der Waals surface area contributed by atoms with E-state index in [2.05, 4.69) is 32.1 Å². The third-order valence-corrected chi connectivity index (χ3v) is 4.71. The van der Waals surface area contributed by atoms with Gasteiger partial charge in [0, 0.05) is 17.5 Å². The van der Waals surface area contributed by atoms with Crippen molar-refractivity contribution in [1.82, 2.24) is 19.9 Å². The molecule has 122 valence electrons. The topological polar surface area (TPSA) is 74.4 Å². The molecule has 0 aromatic carbocycles. The predicted octanol–water partition coefficient (Wildman–Crippen LogP) is 3.91. The normalized spacial score (nSPS) is 16.2. The molecule has 1 aliphatic carbocycles. The number of hydrogen-bond donors (Lipinski definition) is 2. The molecule has 3 aromatic heterocycles. The van der Waals surface area contributed by atoms with Crippen LogP contribution >= 0.6 is 0 Å². The van der Waals surface area contributed by atoms with Gasteiger partial charge in [0.15, 0.2) is 0 Å². The Morgan fingerprint density at radius 2 is 2.00 bits per heavy atom. The van der Waals surface area contributed by atoms with E-state index in [1.807, 2.05) is 18.2 Å². The summed E-state index contributed by atoms with van der Waals surface area (Å²) in [6, 6.07) is 5.82. The van der Waals surface area contributed by atoms with Crippen LogP contribution < -0.4 is 5.56 Å². The second-order valence-corrected chi connectivity index (χ2v) is 6.40. The van der Waals surface area contributed by atoms with E-state index in [0.717, 1.165) is 17.0 Å². The van der Waals surface area contributed by atoms with E-state index in [0.29, 0.717) is 17.0 Å². The smallest absolute Gasteiger partial charge is 0.260 e. The Morgan fingerprint density at radius 1 is 1.12 bits per heavy atom. The van der Waals surface area contributed by atoms with Crippen molar-refractivity contribution in [2.45, 2.75) is 32.1 Å². The van der Waals surface area contributed by atoms with Crippen LogP contribution in [0.4, 0.5) is 0 Å². The Morgan fingerprint density at radius 3 is 2.83 bits per heavy atom. The average molecular weight is 320 g/mol. The van der Waals surface area contributed by atoms with Crippen molar-refractivity contribution in [3.63, 3.8) is 0 Å². The van der Waals surface area contributed by atoms with Gasteiger partial charge in [0.05, 0.1) is 17.4 Å². The molecular weight excluding hydrogens is 300 g/mol. The first-order valence-electron chi connectivity index (χ1n) is 8.50. The Hall–Kier alpha value is -2.69. The number of hydrogen-bond acceptors (Lipinski definition) is 3. The van der Waals surface area contributed by atoms with Crippen LogP contribution in [0.1, 0.15) is 37.8 Å². The van der Waals surface area contributed by atoms with Gasteiger partial charge < -0.3 is 9.97 Å². The van der Waals surface area contributed by atoms with Crippen LogP contribution in [0.2, 0.25) is 0 Å². The summed E-state index contributed by atoms with van der Waals surface area (Å²) in [7, 11) is 0. The van der Waals surface area contributed by atoms with Gasteiger partial charge in [0.1, 0.15) is 5.65 Å². The van der Waals surface area contributed by atoms with Gasteiger partial charge in [-0.05, 0) is 43.0 Å². The van der Waals surface area contributed by atoms with Gasteiger partial charge >= 0.3 is 0 Å². The number of pyridine rings is 1. The molecule has 0 aliphatic heterocycles. The van der Waals surface area contributed by atoms with Crippen LogP contribution in [0.3, 0.4) is 0 Å². The quantitative estimate of drug-likeness (QED) is 0.768. The number of aromatic nitrogens is 4. The predicted molar refractivity (Wildman–Crippen MR) is 95.6 cm³/mol. The van der Waals surface area contributed by atoms with E-state index >= 15 is 0 Å². The second-order valence-electron chi connectivity index (χ2n) is 6.40. The van der Waals surface area contributed by atoms with Gasteiger partial charge in [0.2, 0.25) is 0 Å². The standard InChI is InChI=1S/C19H20N4O/c24-19-16-11-17(23-18(16)21-12-22-19)14-8-9-20-15(10-14)7-6-13-4-2-1-3-5-13/h6-13H,1-5H2,(H2,21,22,23,24). The minimum absolute atomic E-state index is 0.131. The van der Waals surface area contributed by atoms with E-state index in [1.54, 1.807) is 6.20 Å². The summed E-state index contributed by atoms with van der Waals surface area (Å²) in [4.78, 5) is 26.2. The molecule has 3 aromatic rings. The molecule has 0 unspecified atom stereocenters. The van der Waals surface area contributed by atoms with Crippen LogP contribution in [0, 0.1) is 5.92 Å². The van der Waals surface area contributed by atoms with Gasteiger partial charge in [-0.25, -0.2) is 4.98 Å². The lowest BCUT2D eigenvalue weighted by Crippen LogP contribution is -2.04. The van der Waals surface area contributed by atoms with Crippen LogP contribution in [0.15, 0.2) is 41.6 Å². The van der Waals surface area contributed by atoms with Gasteiger partial charge in [-0.3, -0.25) is 9.78 Å². The van der Waals surface area contributed by atoms with Crippen LogP contribution in [-0.2, 0) is 0 Å². The van der Waals surface area contributed by atoms with Crippen LogP contribution in [0.5, 0.6) is 0 Å². The molecule has 4 rings (SSSR count). The molecule has 0 radical (unpaired) electrons. The number of nitrogens with one attached hydrogen (secondary N) is 2. The maximum Gasteiger partial charge on any atom is 0.260 e. The lowest BCUT2D eigenvalue weighted by molar-refractivity contribution is 0.420. The molecule has 1 aliphatic rings. The van der Waals surface area contributed by atoms with Crippen molar-refractivity contribution in [2.75, 3.05) is 0 Å². The third kappa shape index (κ3) is 3.02. The fourth-order valence-electron chi connectivity index (χ4n) is 3.38. The second kappa shape index (κ2) is 6.43. The highest BCUT2D eigenvalue weighted by molar-refractivity contribution is 5.82. The number of H-pyrrole nitrogens is 2. The molecule has 2 N–H and O–H groups in total. The number of nitrogens with zero attached hydrogens (tertiary/aromatic N) is 2. The van der Waals surface area contributed by atoms with Crippen molar-refractivity contribution in [3.8, 4) is 11.3 Å². The molecule has 1 fully saturated rings. The minimum Gasteiger partial charge on any atom is -0.339 e. The summed E-state index contributed by atoms with van der Waals surface area (Å²) in [6.07, 6.45) is 14.2.